The highest BCUT2D eigenvalue weighted by molar-refractivity contribution is 5.91. The summed E-state index contributed by atoms with van der Waals surface area (Å²) in [6.07, 6.45) is 2.95. The van der Waals surface area contributed by atoms with Crippen molar-refractivity contribution >= 4 is 24.1 Å². The highest BCUT2D eigenvalue weighted by atomic mass is 16.6. The number of nitrogens with one attached hydrogen (secondary N) is 1. The highest BCUT2D eigenvalue weighted by Crippen LogP contribution is 2.28. The molecule has 3 atom stereocenters. The van der Waals surface area contributed by atoms with E-state index >= 15 is 0 Å². The number of carbonyl (C=O) groups is 4. The topological polar surface area (TPSA) is 116 Å². The van der Waals surface area contributed by atoms with Crippen LogP contribution in [0.5, 0.6) is 0 Å². The molecule has 1 fully saturated rings. The average molecular weight is 340 g/mol. The summed E-state index contributed by atoms with van der Waals surface area (Å²) in [4.78, 5) is 46.7. The third-order valence-corrected chi connectivity index (χ3v) is 4.14. The first-order valence-electron chi connectivity index (χ1n) is 8.40. The summed E-state index contributed by atoms with van der Waals surface area (Å²) in [5.41, 5.74) is 4.66. The van der Waals surface area contributed by atoms with Crippen LogP contribution in [0.15, 0.2) is 0 Å². The molecule has 1 aliphatic rings. The molecule has 0 saturated heterocycles. The van der Waals surface area contributed by atoms with Crippen molar-refractivity contribution < 1.29 is 23.9 Å². The maximum atomic E-state index is 12.7. The van der Waals surface area contributed by atoms with E-state index < -0.39 is 17.7 Å². The molecule has 1 rings (SSSR count). The number of ketones is 1. The molecule has 7 heteroatoms. The van der Waals surface area contributed by atoms with Crippen molar-refractivity contribution in [3.63, 3.8) is 0 Å². The van der Waals surface area contributed by atoms with Gasteiger partial charge in [0.05, 0.1) is 6.04 Å². The quantitative estimate of drug-likeness (QED) is 0.564. The van der Waals surface area contributed by atoms with Gasteiger partial charge in [-0.15, -0.1) is 0 Å². The largest absolute Gasteiger partial charge is 0.444 e. The lowest BCUT2D eigenvalue weighted by Crippen LogP contribution is -2.45. The second kappa shape index (κ2) is 8.80. The normalized spacial score (nSPS) is 22.8. The van der Waals surface area contributed by atoms with Gasteiger partial charge < -0.3 is 20.6 Å². The summed E-state index contributed by atoms with van der Waals surface area (Å²) in [5, 5.41) is 2.49. The lowest BCUT2D eigenvalue weighted by atomic mass is 9.89. The van der Waals surface area contributed by atoms with Crippen molar-refractivity contribution in [3.05, 3.63) is 0 Å². The van der Waals surface area contributed by atoms with Crippen LogP contribution in [0.4, 0.5) is 4.79 Å². The zero-order chi connectivity index (χ0) is 18.3. The first kappa shape index (κ1) is 20.1. The number of ether oxygens (including phenoxy) is 1. The number of aldehydes is 1. The predicted molar refractivity (Wildman–Crippen MR) is 88.1 cm³/mol. The Labute approximate surface area is 142 Å². The van der Waals surface area contributed by atoms with E-state index in [0.29, 0.717) is 32.0 Å². The van der Waals surface area contributed by atoms with Crippen LogP contribution >= 0.6 is 0 Å². The average Bonchev–Trinajstić information content (AvgIpc) is 2.70. The summed E-state index contributed by atoms with van der Waals surface area (Å²) >= 11 is 0. The van der Waals surface area contributed by atoms with E-state index in [2.05, 4.69) is 5.32 Å². The van der Waals surface area contributed by atoms with Crippen LogP contribution in [0.1, 0.15) is 59.3 Å². The molecule has 136 valence electrons. The zero-order valence-electron chi connectivity index (χ0n) is 14.7. The Morgan fingerprint density at radius 3 is 2.29 bits per heavy atom. The Morgan fingerprint density at radius 1 is 1.17 bits per heavy atom. The summed E-state index contributed by atoms with van der Waals surface area (Å²) in [6.45, 7) is 5.16. The SMILES string of the molecule is CC(C)(C)OC(=O)N[C@@H](CC=O)C(=O)C1CCC[C@@H](C(N)=O)CC1. The van der Waals surface area contributed by atoms with Crippen LogP contribution in [-0.4, -0.2) is 35.7 Å². The van der Waals surface area contributed by atoms with Crippen molar-refractivity contribution in [1.82, 2.24) is 5.32 Å². The molecule has 1 saturated carbocycles. The van der Waals surface area contributed by atoms with Gasteiger partial charge in [0.2, 0.25) is 5.91 Å². The van der Waals surface area contributed by atoms with Gasteiger partial charge in [0.1, 0.15) is 11.9 Å². The van der Waals surface area contributed by atoms with E-state index in [1.54, 1.807) is 20.8 Å². The van der Waals surface area contributed by atoms with Crippen LogP contribution in [0.25, 0.3) is 0 Å². The minimum absolute atomic E-state index is 0.0895. The number of amides is 2. The van der Waals surface area contributed by atoms with Gasteiger partial charge in [0.15, 0.2) is 5.78 Å². The van der Waals surface area contributed by atoms with Gasteiger partial charge in [-0.05, 0) is 46.5 Å². The van der Waals surface area contributed by atoms with Crippen molar-refractivity contribution in [1.29, 1.82) is 0 Å². The minimum Gasteiger partial charge on any atom is -0.444 e. The number of Topliss-reactive ketones (excluding diaryl/α,β-unsaturated/α-hetero) is 1. The van der Waals surface area contributed by atoms with Crippen molar-refractivity contribution in [2.24, 2.45) is 17.6 Å². The lowest BCUT2D eigenvalue weighted by molar-refractivity contribution is -0.127. The van der Waals surface area contributed by atoms with Crippen molar-refractivity contribution in [3.8, 4) is 0 Å². The van der Waals surface area contributed by atoms with Gasteiger partial charge in [-0.25, -0.2) is 4.79 Å². The number of carbonyl (C=O) groups excluding carboxylic acids is 4. The molecule has 0 spiro atoms. The number of alkyl carbamates (subject to hydrolysis) is 1. The van der Waals surface area contributed by atoms with Gasteiger partial charge in [-0.3, -0.25) is 9.59 Å². The smallest absolute Gasteiger partial charge is 0.408 e. The number of hydrogen-bond donors (Lipinski definition) is 2. The van der Waals surface area contributed by atoms with Crippen LogP contribution in [0, 0.1) is 11.8 Å². The number of nitrogens with two attached hydrogens (primary N) is 1. The standard InChI is InChI=1S/C17H28N2O5/c1-17(2,3)24-16(23)19-13(9-10-20)14(21)11-5-4-6-12(8-7-11)15(18)22/h10-13H,4-9H2,1-3H3,(H2,18,22)(H,19,23)/t11?,12-,13+/m1/s1. The Kier molecular flexibility index (Phi) is 7.38. The van der Waals surface area contributed by atoms with Gasteiger partial charge in [0.25, 0.3) is 0 Å². The summed E-state index contributed by atoms with van der Waals surface area (Å²) < 4.78 is 5.15. The van der Waals surface area contributed by atoms with E-state index in [-0.39, 0.29) is 29.9 Å². The zero-order valence-corrected chi connectivity index (χ0v) is 14.7. The van der Waals surface area contributed by atoms with E-state index in [9.17, 15) is 19.2 Å². The molecule has 24 heavy (non-hydrogen) atoms. The number of hydrogen-bond acceptors (Lipinski definition) is 5. The molecule has 0 bridgehead atoms. The number of rotatable bonds is 6. The molecule has 1 aliphatic carbocycles. The van der Waals surface area contributed by atoms with E-state index in [0.717, 1.165) is 6.42 Å². The Balaban J connectivity index is 2.70. The summed E-state index contributed by atoms with van der Waals surface area (Å²) in [6, 6.07) is -0.896. The lowest BCUT2D eigenvalue weighted by Gasteiger charge is -2.24. The molecule has 1 unspecified atom stereocenters. The third-order valence-electron chi connectivity index (χ3n) is 4.14. The fourth-order valence-corrected chi connectivity index (χ4v) is 2.95. The van der Waals surface area contributed by atoms with Crippen LogP contribution in [0.3, 0.4) is 0 Å². The molecule has 7 nitrogen and oxygen atoms in total. The molecule has 0 heterocycles. The second-order valence-electron chi connectivity index (χ2n) is 7.31. The number of primary amides is 1. The summed E-state index contributed by atoms with van der Waals surface area (Å²) in [5.74, 6) is -1.00. The van der Waals surface area contributed by atoms with E-state index in [1.165, 1.54) is 0 Å². The Morgan fingerprint density at radius 2 is 1.75 bits per heavy atom. The molecule has 0 aromatic heterocycles. The second-order valence-corrected chi connectivity index (χ2v) is 7.31. The molecule has 0 aromatic rings. The van der Waals surface area contributed by atoms with Crippen LogP contribution in [0.2, 0.25) is 0 Å². The van der Waals surface area contributed by atoms with Crippen molar-refractivity contribution in [2.45, 2.75) is 70.9 Å². The summed E-state index contributed by atoms with van der Waals surface area (Å²) in [7, 11) is 0. The van der Waals surface area contributed by atoms with Crippen LogP contribution in [-0.2, 0) is 19.1 Å². The van der Waals surface area contributed by atoms with E-state index in [1.807, 2.05) is 0 Å². The monoisotopic (exact) mass is 340 g/mol. The third kappa shape index (κ3) is 6.68. The van der Waals surface area contributed by atoms with Crippen molar-refractivity contribution in [2.75, 3.05) is 0 Å². The first-order chi connectivity index (χ1) is 11.1. The molecule has 0 radical (unpaired) electrons. The van der Waals surface area contributed by atoms with Crippen LogP contribution < -0.4 is 11.1 Å². The van der Waals surface area contributed by atoms with Gasteiger partial charge >= 0.3 is 6.09 Å². The Bertz CT molecular complexity index is 484. The molecular formula is C17H28N2O5. The molecule has 2 amide bonds. The van der Waals surface area contributed by atoms with Gasteiger partial charge in [-0.2, -0.15) is 0 Å². The highest BCUT2D eigenvalue weighted by Gasteiger charge is 2.32. The van der Waals surface area contributed by atoms with Gasteiger partial charge in [-0.1, -0.05) is 6.42 Å². The van der Waals surface area contributed by atoms with E-state index in [4.69, 9.17) is 10.5 Å². The maximum Gasteiger partial charge on any atom is 0.408 e. The molecular weight excluding hydrogens is 312 g/mol. The predicted octanol–water partition coefficient (Wildman–Crippen LogP) is 1.72. The minimum atomic E-state index is -0.896. The molecule has 0 aliphatic heterocycles. The fraction of sp³-hybridized carbons (Fsp3) is 0.765. The molecule has 3 N–H and O–H groups in total. The molecule has 0 aromatic carbocycles. The first-order valence-corrected chi connectivity index (χ1v) is 8.40. The fourth-order valence-electron chi connectivity index (χ4n) is 2.95. The Hall–Kier alpha value is -1.92. The maximum absolute atomic E-state index is 12.7. The van der Waals surface area contributed by atoms with Gasteiger partial charge in [0, 0.05) is 18.3 Å².